The fraction of sp³-hybridized carbons (Fsp3) is 0. The molecule has 7 nitrogen and oxygen atoms in total. The van der Waals surface area contributed by atoms with Crippen LogP contribution in [0, 0.1) is 0 Å². The Hall–Kier alpha value is 0.418. The van der Waals surface area contributed by atoms with E-state index in [2.05, 4.69) is 0 Å². The summed E-state index contributed by atoms with van der Waals surface area (Å²) in [5, 5.41) is 28.7. The monoisotopic (exact) mass is 330 g/mol. The van der Waals surface area contributed by atoms with Gasteiger partial charge in [0.15, 0.2) is 0 Å². The maximum atomic E-state index is 9.10. The van der Waals surface area contributed by atoms with Crippen molar-refractivity contribution in [3.63, 3.8) is 0 Å². The summed E-state index contributed by atoms with van der Waals surface area (Å²) in [6, 6.07) is 0. The summed E-state index contributed by atoms with van der Waals surface area (Å²) in [6.45, 7) is 0. The molecular weight excluding hydrogens is 326 g/mol. The molecule has 64 valence electrons. The molecule has 0 heterocycles. The molecule has 0 rings (SSSR count). The first-order valence-corrected chi connectivity index (χ1v) is 1.76. The first-order chi connectivity index (χ1) is 4.37. The SMILES string of the molecule is O=C(O)C(=O)O.O=C(O)O.[Y].[Y]. The number of carbonyl (C=O) groups is 3. The molecule has 9 heteroatoms. The van der Waals surface area contributed by atoms with E-state index in [1.807, 2.05) is 0 Å². The van der Waals surface area contributed by atoms with Gasteiger partial charge in [-0.1, -0.05) is 0 Å². The maximum Gasteiger partial charge on any atom is 0.503 e. The minimum atomic E-state index is -1.83. The summed E-state index contributed by atoms with van der Waals surface area (Å²) < 4.78 is 0. The van der Waals surface area contributed by atoms with Gasteiger partial charge in [0.2, 0.25) is 0 Å². The van der Waals surface area contributed by atoms with Gasteiger partial charge in [0.1, 0.15) is 0 Å². The zero-order chi connectivity index (χ0) is 8.73. The molecule has 0 aliphatic rings. The van der Waals surface area contributed by atoms with Crippen molar-refractivity contribution >= 4 is 18.1 Å². The van der Waals surface area contributed by atoms with Crippen LogP contribution in [0.2, 0.25) is 0 Å². The Morgan fingerprint density at radius 3 is 0.750 bits per heavy atom. The third-order valence-corrected chi connectivity index (χ3v) is 0.183. The second-order valence-electron chi connectivity index (χ2n) is 0.893. The molecule has 0 aliphatic carbocycles. The molecule has 0 aromatic carbocycles. The summed E-state index contributed by atoms with van der Waals surface area (Å²) >= 11 is 0. The van der Waals surface area contributed by atoms with E-state index in [0.29, 0.717) is 0 Å². The van der Waals surface area contributed by atoms with E-state index in [4.69, 9.17) is 34.8 Å². The summed E-state index contributed by atoms with van der Waals surface area (Å²) in [5.74, 6) is -3.65. The average molecular weight is 330 g/mol. The molecule has 0 fully saturated rings. The topological polar surface area (TPSA) is 132 Å². The van der Waals surface area contributed by atoms with Gasteiger partial charge >= 0.3 is 18.1 Å². The molecule has 0 aliphatic heterocycles. The number of carboxylic acids is 2. The van der Waals surface area contributed by atoms with Gasteiger partial charge in [0, 0.05) is 65.4 Å². The molecule has 4 N–H and O–H groups in total. The Morgan fingerprint density at radius 2 is 0.750 bits per heavy atom. The predicted molar refractivity (Wildman–Crippen MR) is 25.9 cm³/mol. The van der Waals surface area contributed by atoms with E-state index in [9.17, 15) is 0 Å². The van der Waals surface area contributed by atoms with Crippen LogP contribution in [0.1, 0.15) is 0 Å². The molecule has 0 saturated carbocycles. The summed E-state index contributed by atoms with van der Waals surface area (Å²) in [7, 11) is 0. The van der Waals surface area contributed by atoms with Crippen molar-refractivity contribution < 1.29 is 100 Å². The van der Waals surface area contributed by atoms with E-state index < -0.39 is 18.1 Å². The van der Waals surface area contributed by atoms with Crippen LogP contribution in [0.25, 0.3) is 0 Å². The number of aliphatic carboxylic acids is 2. The summed E-state index contributed by atoms with van der Waals surface area (Å²) in [4.78, 5) is 26.8. The van der Waals surface area contributed by atoms with Crippen LogP contribution in [0.15, 0.2) is 0 Å². The van der Waals surface area contributed by atoms with Gasteiger partial charge in [-0.2, -0.15) is 0 Å². The second kappa shape index (κ2) is 14.0. The van der Waals surface area contributed by atoms with Gasteiger partial charge in [-0.3, -0.25) is 0 Å². The minimum Gasteiger partial charge on any atom is -0.473 e. The Kier molecular flexibility index (Phi) is 26.6. The van der Waals surface area contributed by atoms with Gasteiger partial charge in [0.25, 0.3) is 0 Å². The number of rotatable bonds is 0. The van der Waals surface area contributed by atoms with Crippen LogP contribution >= 0.6 is 0 Å². The van der Waals surface area contributed by atoms with Crippen molar-refractivity contribution in [1.82, 2.24) is 0 Å². The largest absolute Gasteiger partial charge is 0.503 e. The standard InChI is InChI=1S/C2H2O4.CH2O3.2Y/c3-1(4)2(5)6;2-1(3)4;;/h(H,3,4)(H,5,6);(H2,2,3,4);;. The van der Waals surface area contributed by atoms with Crippen molar-refractivity contribution in [3.05, 3.63) is 0 Å². The fourth-order valence-electron chi connectivity index (χ4n) is 0. The van der Waals surface area contributed by atoms with Crippen molar-refractivity contribution in [2.24, 2.45) is 0 Å². The first-order valence-electron chi connectivity index (χ1n) is 1.76. The molecule has 2 radical (unpaired) electrons. The van der Waals surface area contributed by atoms with Crippen molar-refractivity contribution in [2.75, 3.05) is 0 Å². The van der Waals surface area contributed by atoms with Crippen LogP contribution in [-0.2, 0) is 75.0 Å². The Labute approximate surface area is 117 Å². The Morgan fingerprint density at radius 1 is 0.667 bits per heavy atom. The maximum absolute atomic E-state index is 9.10. The molecule has 0 saturated heterocycles. The molecule has 0 aromatic heterocycles. The van der Waals surface area contributed by atoms with Gasteiger partial charge in [0.05, 0.1) is 0 Å². The van der Waals surface area contributed by atoms with Crippen molar-refractivity contribution in [1.29, 1.82) is 0 Å². The summed E-state index contributed by atoms with van der Waals surface area (Å²) in [6.07, 6.45) is -1.83. The molecule has 0 bridgehead atoms. The molecule has 0 amide bonds. The normalized spacial score (nSPS) is 5.67. The quantitative estimate of drug-likeness (QED) is 0.435. The van der Waals surface area contributed by atoms with Crippen LogP contribution in [0.3, 0.4) is 0 Å². The molecule has 0 aromatic rings. The van der Waals surface area contributed by atoms with Gasteiger partial charge < -0.3 is 20.4 Å². The predicted octanol–water partition coefficient (Wildman–Crippen LogP) is -0.627. The van der Waals surface area contributed by atoms with Crippen molar-refractivity contribution in [3.8, 4) is 0 Å². The summed E-state index contributed by atoms with van der Waals surface area (Å²) in [5.41, 5.74) is 0. The Bertz CT molecular complexity index is 139. The van der Waals surface area contributed by atoms with Gasteiger partial charge in [-0.25, -0.2) is 14.4 Å². The molecule has 0 unspecified atom stereocenters. The zero-order valence-electron chi connectivity index (χ0n) is 5.67. The minimum absolute atomic E-state index is 0. The van der Waals surface area contributed by atoms with E-state index in [1.54, 1.807) is 0 Å². The number of hydrogen-bond acceptors (Lipinski definition) is 3. The second-order valence-corrected chi connectivity index (χ2v) is 0.893. The first kappa shape index (κ1) is 22.8. The molecular formula is C3H4O7Y2. The van der Waals surface area contributed by atoms with E-state index >= 15 is 0 Å². The molecule has 0 spiro atoms. The van der Waals surface area contributed by atoms with Crippen LogP contribution in [0.5, 0.6) is 0 Å². The molecule has 12 heavy (non-hydrogen) atoms. The number of carboxylic acid groups (broad SMARTS) is 4. The van der Waals surface area contributed by atoms with Crippen molar-refractivity contribution in [2.45, 2.75) is 0 Å². The Balaban J connectivity index is -0.0000000483. The smallest absolute Gasteiger partial charge is 0.473 e. The van der Waals surface area contributed by atoms with Crippen LogP contribution in [-0.4, -0.2) is 38.5 Å². The average Bonchev–Trinajstić information content (AvgIpc) is 1.63. The third kappa shape index (κ3) is 47.3. The van der Waals surface area contributed by atoms with E-state index in [0.717, 1.165) is 0 Å². The van der Waals surface area contributed by atoms with E-state index in [-0.39, 0.29) is 65.4 Å². The van der Waals surface area contributed by atoms with Gasteiger partial charge in [-0.15, -0.1) is 0 Å². The zero-order valence-corrected chi connectivity index (χ0v) is 11.3. The fourth-order valence-corrected chi connectivity index (χ4v) is 0. The van der Waals surface area contributed by atoms with E-state index in [1.165, 1.54) is 0 Å². The third-order valence-electron chi connectivity index (χ3n) is 0.183. The number of hydrogen-bond donors (Lipinski definition) is 4. The van der Waals surface area contributed by atoms with Crippen LogP contribution < -0.4 is 0 Å². The van der Waals surface area contributed by atoms with Gasteiger partial charge in [-0.05, 0) is 0 Å². The van der Waals surface area contributed by atoms with Crippen LogP contribution in [0.4, 0.5) is 4.79 Å². The molecule has 0 atom stereocenters.